The standard InChI is InChI=1S/C10H9ClFNO2/c1-2-3-15-10-5-9(13-6-14)8(12)4-7(10)11/h4-5H,2-3H2,1H3. The van der Waals surface area contributed by atoms with Crippen LogP contribution in [-0.2, 0) is 4.79 Å². The molecule has 0 fully saturated rings. The van der Waals surface area contributed by atoms with Crippen LogP contribution in [-0.4, -0.2) is 12.7 Å². The minimum Gasteiger partial charge on any atom is -0.492 e. The van der Waals surface area contributed by atoms with Crippen LogP contribution in [0.2, 0.25) is 5.02 Å². The predicted molar refractivity (Wildman–Crippen MR) is 55.0 cm³/mol. The van der Waals surface area contributed by atoms with E-state index in [-0.39, 0.29) is 10.7 Å². The second-order valence-corrected chi connectivity index (χ2v) is 3.19. The van der Waals surface area contributed by atoms with Gasteiger partial charge >= 0.3 is 0 Å². The fourth-order valence-corrected chi connectivity index (χ4v) is 1.18. The highest BCUT2D eigenvalue weighted by molar-refractivity contribution is 6.32. The highest BCUT2D eigenvalue weighted by Crippen LogP contribution is 2.31. The molecule has 0 aromatic heterocycles. The number of aliphatic imine (C=N–C) groups is 1. The lowest BCUT2D eigenvalue weighted by atomic mass is 10.3. The van der Waals surface area contributed by atoms with Crippen LogP contribution in [0.25, 0.3) is 0 Å². The zero-order valence-electron chi connectivity index (χ0n) is 8.09. The Labute approximate surface area is 91.5 Å². The second kappa shape index (κ2) is 5.49. The van der Waals surface area contributed by atoms with E-state index in [1.165, 1.54) is 12.1 Å². The van der Waals surface area contributed by atoms with Crippen molar-refractivity contribution in [2.45, 2.75) is 13.3 Å². The monoisotopic (exact) mass is 229 g/mol. The molecular weight excluding hydrogens is 221 g/mol. The van der Waals surface area contributed by atoms with Crippen molar-refractivity contribution in [2.24, 2.45) is 4.99 Å². The summed E-state index contributed by atoms with van der Waals surface area (Å²) in [5.74, 6) is -0.360. The van der Waals surface area contributed by atoms with Gasteiger partial charge in [-0.05, 0) is 12.5 Å². The summed E-state index contributed by atoms with van der Waals surface area (Å²) in [4.78, 5) is 13.2. The lowest BCUT2D eigenvalue weighted by molar-refractivity contribution is 0.317. The van der Waals surface area contributed by atoms with Crippen molar-refractivity contribution in [1.29, 1.82) is 0 Å². The van der Waals surface area contributed by atoms with Crippen LogP contribution >= 0.6 is 11.6 Å². The first-order valence-corrected chi connectivity index (χ1v) is 4.76. The van der Waals surface area contributed by atoms with Gasteiger partial charge in [-0.25, -0.2) is 9.18 Å². The van der Waals surface area contributed by atoms with Gasteiger partial charge in [0, 0.05) is 6.07 Å². The number of halogens is 2. The van der Waals surface area contributed by atoms with Crippen LogP contribution in [0.3, 0.4) is 0 Å². The van der Waals surface area contributed by atoms with E-state index in [1.807, 2.05) is 6.92 Å². The summed E-state index contributed by atoms with van der Waals surface area (Å²) in [6.45, 7) is 2.40. The predicted octanol–water partition coefficient (Wildman–Crippen LogP) is 3.24. The van der Waals surface area contributed by atoms with Crippen LogP contribution in [0.15, 0.2) is 17.1 Å². The number of hydrogen-bond acceptors (Lipinski definition) is 3. The van der Waals surface area contributed by atoms with Crippen LogP contribution in [0.4, 0.5) is 10.1 Å². The van der Waals surface area contributed by atoms with E-state index in [4.69, 9.17) is 16.3 Å². The lowest BCUT2D eigenvalue weighted by Gasteiger charge is -2.07. The fourth-order valence-electron chi connectivity index (χ4n) is 0.976. The molecule has 1 aromatic carbocycles. The molecule has 0 saturated heterocycles. The third-order valence-corrected chi connectivity index (χ3v) is 1.92. The molecule has 0 heterocycles. The highest BCUT2D eigenvalue weighted by Gasteiger charge is 2.08. The average Bonchev–Trinajstić information content (AvgIpc) is 2.20. The zero-order chi connectivity index (χ0) is 11.3. The molecule has 0 aliphatic rings. The molecule has 0 amide bonds. The minimum absolute atomic E-state index is 0.125. The van der Waals surface area contributed by atoms with Crippen molar-refractivity contribution in [3.8, 4) is 5.75 Å². The molecule has 1 aromatic rings. The third kappa shape index (κ3) is 3.05. The Morgan fingerprint density at radius 1 is 1.60 bits per heavy atom. The Morgan fingerprint density at radius 2 is 2.33 bits per heavy atom. The first-order chi connectivity index (χ1) is 7.19. The molecule has 0 atom stereocenters. The minimum atomic E-state index is -0.674. The van der Waals surface area contributed by atoms with Gasteiger partial charge in [0.1, 0.15) is 11.4 Å². The van der Waals surface area contributed by atoms with Crippen molar-refractivity contribution in [1.82, 2.24) is 0 Å². The smallest absolute Gasteiger partial charge is 0.240 e. The van der Waals surface area contributed by atoms with E-state index in [0.29, 0.717) is 12.4 Å². The second-order valence-electron chi connectivity index (χ2n) is 2.79. The summed E-state index contributed by atoms with van der Waals surface area (Å²) in [5, 5.41) is 0.158. The lowest BCUT2D eigenvalue weighted by Crippen LogP contribution is -1.96. The van der Waals surface area contributed by atoms with E-state index in [2.05, 4.69) is 4.99 Å². The maximum atomic E-state index is 13.1. The van der Waals surface area contributed by atoms with E-state index in [9.17, 15) is 9.18 Å². The van der Waals surface area contributed by atoms with Crippen molar-refractivity contribution in [2.75, 3.05) is 6.61 Å². The molecule has 0 unspecified atom stereocenters. The first kappa shape index (κ1) is 11.7. The molecule has 0 saturated carbocycles. The summed E-state index contributed by atoms with van der Waals surface area (Å²) in [6, 6.07) is 2.33. The number of rotatable bonds is 4. The van der Waals surface area contributed by atoms with Crippen molar-refractivity contribution >= 4 is 23.4 Å². The Kier molecular flexibility index (Phi) is 4.28. The van der Waals surface area contributed by atoms with Crippen molar-refractivity contribution in [3.05, 3.63) is 23.0 Å². The van der Waals surface area contributed by atoms with E-state index >= 15 is 0 Å². The van der Waals surface area contributed by atoms with Gasteiger partial charge in [0.2, 0.25) is 6.08 Å². The Hall–Kier alpha value is -1.38. The van der Waals surface area contributed by atoms with Gasteiger partial charge in [0.05, 0.1) is 11.6 Å². The molecule has 1 rings (SSSR count). The quantitative estimate of drug-likeness (QED) is 0.587. The molecule has 0 aliphatic heterocycles. The van der Waals surface area contributed by atoms with E-state index in [0.717, 1.165) is 12.5 Å². The average molecular weight is 230 g/mol. The molecule has 0 bridgehead atoms. The van der Waals surface area contributed by atoms with Crippen LogP contribution in [0, 0.1) is 5.82 Å². The van der Waals surface area contributed by atoms with Crippen LogP contribution in [0.1, 0.15) is 13.3 Å². The molecule has 3 nitrogen and oxygen atoms in total. The zero-order valence-corrected chi connectivity index (χ0v) is 8.84. The molecule has 0 radical (unpaired) electrons. The topological polar surface area (TPSA) is 38.7 Å². The molecule has 0 aliphatic carbocycles. The first-order valence-electron chi connectivity index (χ1n) is 4.38. The van der Waals surface area contributed by atoms with Crippen molar-refractivity contribution < 1.29 is 13.9 Å². The van der Waals surface area contributed by atoms with Gasteiger partial charge in [-0.1, -0.05) is 18.5 Å². The summed E-state index contributed by atoms with van der Waals surface area (Å²) in [5.41, 5.74) is -0.125. The maximum absolute atomic E-state index is 13.1. The number of ether oxygens (including phenoxy) is 1. The Morgan fingerprint density at radius 3 is 2.93 bits per heavy atom. The van der Waals surface area contributed by atoms with Crippen LogP contribution in [0.5, 0.6) is 5.75 Å². The number of benzene rings is 1. The number of nitrogens with zero attached hydrogens (tertiary/aromatic N) is 1. The molecule has 15 heavy (non-hydrogen) atoms. The number of carbonyl (C=O) groups excluding carboxylic acids is 1. The highest BCUT2D eigenvalue weighted by atomic mass is 35.5. The third-order valence-electron chi connectivity index (χ3n) is 1.63. The van der Waals surface area contributed by atoms with E-state index in [1.54, 1.807) is 0 Å². The SMILES string of the molecule is CCCOc1cc(N=C=O)c(F)cc1Cl. The summed E-state index contributed by atoms with van der Waals surface area (Å²) in [7, 11) is 0. The fraction of sp³-hybridized carbons (Fsp3) is 0.300. The molecular formula is C10H9ClFNO2. The van der Waals surface area contributed by atoms with Crippen molar-refractivity contribution in [3.63, 3.8) is 0 Å². The molecule has 80 valence electrons. The van der Waals surface area contributed by atoms with Gasteiger partial charge in [-0.3, -0.25) is 0 Å². The van der Waals surface area contributed by atoms with Gasteiger partial charge in [-0.15, -0.1) is 0 Å². The van der Waals surface area contributed by atoms with Gasteiger partial charge in [0.15, 0.2) is 5.82 Å². The van der Waals surface area contributed by atoms with Gasteiger partial charge in [0.25, 0.3) is 0 Å². The van der Waals surface area contributed by atoms with Gasteiger partial charge < -0.3 is 4.74 Å². The largest absolute Gasteiger partial charge is 0.492 e. The Balaban J connectivity index is 3.05. The summed E-state index contributed by atoms with van der Waals surface area (Å²) in [6.07, 6.45) is 2.07. The normalized spacial score (nSPS) is 9.53. The molecule has 0 spiro atoms. The number of hydrogen-bond donors (Lipinski definition) is 0. The maximum Gasteiger partial charge on any atom is 0.240 e. The van der Waals surface area contributed by atoms with Crippen LogP contribution < -0.4 is 4.74 Å². The Bertz CT molecular complexity index is 403. The number of isocyanates is 1. The summed E-state index contributed by atoms with van der Waals surface area (Å²) >= 11 is 5.73. The molecule has 0 N–H and O–H groups in total. The van der Waals surface area contributed by atoms with E-state index < -0.39 is 5.82 Å². The molecule has 5 heteroatoms. The van der Waals surface area contributed by atoms with Gasteiger partial charge in [-0.2, -0.15) is 4.99 Å². The summed E-state index contributed by atoms with van der Waals surface area (Å²) < 4.78 is 18.4.